The summed E-state index contributed by atoms with van der Waals surface area (Å²) in [5, 5.41) is 38.4. The molecule has 0 aromatic carbocycles. The average Bonchev–Trinajstić information content (AvgIpc) is 2.95. The molecule has 0 saturated carbocycles. The second kappa shape index (κ2) is 20.5. The lowest BCUT2D eigenvalue weighted by molar-refractivity contribution is -0.144. The van der Waals surface area contributed by atoms with Crippen LogP contribution in [0.5, 0.6) is 5.88 Å². The van der Waals surface area contributed by atoms with Crippen LogP contribution in [-0.4, -0.2) is 180 Å². The molecule has 4 N–H and O–H groups in total. The molecule has 1 aliphatic heterocycles. The average molecular weight is 628 g/mol. The minimum absolute atomic E-state index is 0.105. The Morgan fingerprint density at radius 2 is 1.20 bits per heavy atom. The van der Waals surface area contributed by atoms with E-state index in [9.17, 15) is 39.6 Å². The van der Waals surface area contributed by atoms with E-state index in [-0.39, 0.29) is 85.0 Å². The van der Waals surface area contributed by atoms with Gasteiger partial charge in [0, 0.05) is 77.6 Å². The number of aliphatic carboxylic acids is 4. The van der Waals surface area contributed by atoms with Gasteiger partial charge in [-0.05, 0) is 12.5 Å². The summed E-state index contributed by atoms with van der Waals surface area (Å²) < 4.78 is 16.2. The zero-order valence-corrected chi connectivity index (χ0v) is 25.2. The van der Waals surface area contributed by atoms with Gasteiger partial charge in [0.2, 0.25) is 5.88 Å². The molecule has 16 heteroatoms. The van der Waals surface area contributed by atoms with Crippen LogP contribution in [0.3, 0.4) is 0 Å². The van der Waals surface area contributed by atoms with E-state index in [0.717, 1.165) is 0 Å². The largest absolute Gasteiger partial charge is 0.480 e. The molecule has 0 amide bonds. The van der Waals surface area contributed by atoms with Gasteiger partial charge in [0.15, 0.2) is 0 Å². The molecule has 2 heterocycles. The quantitative estimate of drug-likeness (QED) is 0.144. The van der Waals surface area contributed by atoms with Crippen LogP contribution in [-0.2, 0) is 35.1 Å². The molecule has 1 aliphatic rings. The molecule has 248 valence electrons. The summed E-state index contributed by atoms with van der Waals surface area (Å²) in [6.07, 6.45) is 1.65. The van der Waals surface area contributed by atoms with E-state index >= 15 is 0 Å². The van der Waals surface area contributed by atoms with Crippen molar-refractivity contribution in [3.05, 3.63) is 23.9 Å². The zero-order chi connectivity index (χ0) is 32.3. The van der Waals surface area contributed by atoms with Crippen molar-refractivity contribution in [2.45, 2.75) is 19.4 Å². The normalized spacial score (nSPS) is 17.3. The first-order valence-corrected chi connectivity index (χ1v) is 14.6. The smallest absolute Gasteiger partial charge is 0.321 e. The van der Waals surface area contributed by atoms with Gasteiger partial charge in [0.1, 0.15) is 12.6 Å². The summed E-state index contributed by atoms with van der Waals surface area (Å²) in [4.78, 5) is 57.8. The van der Waals surface area contributed by atoms with Crippen molar-refractivity contribution >= 4 is 23.9 Å². The van der Waals surface area contributed by atoms with Crippen LogP contribution in [0.15, 0.2) is 18.3 Å². The second-order valence-electron chi connectivity index (χ2n) is 10.3. The fourth-order valence-corrected chi connectivity index (χ4v) is 4.69. The first-order chi connectivity index (χ1) is 21.1. The maximum Gasteiger partial charge on any atom is 0.321 e. The number of ether oxygens (including phenoxy) is 3. The van der Waals surface area contributed by atoms with Crippen LogP contribution in [0.25, 0.3) is 0 Å². The van der Waals surface area contributed by atoms with E-state index in [1.807, 2.05) is 6.92 Å². The van der Waals surface area contributed by atoms with Gasteiger partial charge in [-0.15, -0.1) is 0 Å². The van der Waals surface area contributed by atoms with Crippen LogP contribution in [0.2, 0.25) is 0 Å². The van der Waals surface area contributed by atoms with Gasteiger partial charge in [-0.3, -0.25) is 38.8 Å². The molecule has 1 aromatic heterocycles. The monoisotopic (exact) mass is 627 g/mol. The van der Waals surface area contributed by atoms with Gasteiger partial charge >= 0.3 is 23.9 Å². The van der Waals surface area contributed by atoms with Crippen LogP contribution in [0, 0.1) is 0 Å². The summed E-state index contributed by atoms with van der Waals surface area (Å²) in [7, 11) is 0. The molecule has 1 aromatic rings. The van der Waals surface area contributed by atoms with Gasteiger partial charge in [-0.2, -0.15) is 0 Å². The molecule has 0 spiro atoms. The number of hydrogen-bond acceptors (Lipinski definition) is 12. The Morgan fingerprint density at radius 1 is 0.727 bits per heavy atom. The Hall–Kier alpha value is -3.41. The minimum atomic E-state index is -1.08. The summed E-state index contributed by atoms with van der Waals surface area (Å²) in [6, 6.07) is 2.39. The molecule has 1 fully saturated rings. The predicted molar refractivity (Wildman–Crippen MR) is 156 cm³/mol. The van der Waals surface area contributed by atoms with Crippen LogP contribution >= 0.6 is 0 Å². The lowest BCUT2D eigenvalue weighted by Gasteiger charge is -2.35. The maximum atomic E-state index is 12.5. The molecule has 0 aliphatic carbocycles. The van der Waals surface area contributed by atoms with Gasteiger partial charge in [0.25, 0.3) is 0 Å². The number of carboxylic acids is 4. The second-order valence-corrected chi connectivity index (χ2v) is 10.3. The van der Waals surface area contributed by atoms with Gasteiger partial charge in [-0.25, -0.2) is 4.98 Å². The van der Waals surface area contributed by atoms with E-state index in [0.29, 0.717) is 37.9 Å². The Balaban J connectivity index is 2.13. The summed E-state index contributed by atoms with van der Waals surface area (Å²) >= 11 is 0. The van der Waals surface area contributed by atoms with E-state index < -0.39 is 29.9 Å². The van der Waals surface area contributed by atoms with Crippen LogP contribution in [0.4, 0.5) is 0 Å². The Labute approximate surface area is 256 Å². The Bertz CT molecular complexity index is 998. The third-order valence-corrected chi connectivity index (χ3v) is 6.95. The predicted octanol–water partition coefficient (Wildman–Crippen LogP) is -1.02. The fraction of sp³-hybridized carbons (Fsp3) is 0.679. The summed E-state index contributed by atoms with van der Waals surface area (Å²) in [5.74, 6) is -3.86. The van der Waals surface area contributed by atoms with Crippen molar-refractivity contribution in [1.82, 2.24) is 24.6 Å². The van der Waals surface area contributed by atoms with E-state index in [1.165, 1.54) is 0 Å². The molecule has 1 unspecified atom stereocenters. The van der Waals surface area contributed by atoms with Crippen molar-refractivity contribution in [2.24, 2.45) is 0 Å². The molecule has 44 heavy (non-hydrogen) atoms. The number of nitrogens with zero attached hydrogens (tertiary/aromatic N) is 5. The molecular weight excluding hydrogens is 582 g/mol. The van der Waals surface area contributed by atoms with Gasteiger partial charge in [0.05, 0.1) is 39.5 Å². The highest BCUT2D eigenvalue weighted by Gasteiger charge is 2.28. The molecular formula is C28H45N5O11. The van der Waals surface area contributed by atoms with Crippen molar-refractivity contribution < 1.29 is 53.8 Å². The molecule has 0 bridgehead atoms. The number of rotatable bonds is 18. The third-order valence-electron chi connectivity index (χ3n) is 6.95. The van der Waals surface area contributed by atoms with Crippen molar-refractivity contribution in [2.75, 3.05) is 105 Å². The number of hydrogen-bond donors (Lipinski definition) is 4. The number of aromatic nitrogens is 1. The minimum Gasteiger partial charge on any atom is -0.480 e. The lowest BCUT2D eigenvalue weighted by Crippen LogP contribution is -2.52. The fourth-order valence-electron chi connectivity index (χ4n) is 4.69. The number of pyridine rings is 1. The van der Waals surface area contributed by atoms with Gasteiger partial charge in [-0.1, -0.05) is 6.07 Å². The molecule has 2 rings (SSSR count). The highest BCUT2D eigenvalue weighted by Crippen LogP contribution is 2.14. The van der Waals surface area contributed by atoms with Crippen LogP contribution < -0.4 is 4.74 Å². The molecule has 1 saturated heterocycles. The lowest BCUT2D eigenvalue weighted by atomic mass is 10.1. The van der Waals surface area contributed by atoms with E-state index in [2.05, 4.69) is 4.98 Å². The Kier molecular flexibility index (Phi) is 17.2. The number of carboxylic acid groups (broad SMARTS) is 4. The molecule has 0 radical (unpaired) electrons. The first-order valence-electron chi connectivity index (χ1n) is 14.6. The maximum absolute atomic E-state index is 12.5. The number of carbonyl (C=O) groups is 4. The van der Waals surface area contributed by atoms with Crippen molar-refractivity contribution in [1.29, 1.82) is 0 Å². The SMILES string of the molecule is CCOCCOCCOc1ccc(CC(C(=O)O)N2CCN(CC(=O)O)CCN(CC(=O)O)CCN(CC(=O)O)CC2)cn1. The van der Waals surface area contributed by atoms with Crippen molar-refractivity contribution in [3.8, 4) is 5.88 Å². The Morgan fingerprint density at radius 3 is 1.64 bits per heavy atom. The van der Waals surface area contributed by atoms with E-state index in [4.69, 9.17) is 14.2 Å². The highest BCUT2D eigenvalue weighted by atomic mass is 16.5. The zero-order valence-electron chi connectivity index (χ0n) is 25.2. The van der Waals surface area contributed by atoms with Crippen molar-refractivity contribution in [3.63, 3.8) is 0 Å². The van der Waals surface area contributed by atoms with E-state index in [1.54, 1.807) is 37.9 Å². The highest BCUT2D eigenvalue weighted by molar-refractivity contribution is 5.74. The first kappa shape index (κ1) is 36.8. The summed E-state index contributed by atoms with van der Waals surface area (Å²) in [6.45, 7) is 5.11. The standard InChI is InChI=1S/C28H45N5O11/c1-2-42-13-14-43-15-16-44-24-4-3-22(18-29-24)17-23(28(40)41)33-11-9-31(20-26(36)37)7-5-30(19-25(34)35)6-8-32(10-12-33)21-27(38)39/h3-4,18,23H,2,5-17,19-21H2,1H3,(H,34,35)(H,36,37)(H,38,39)(H,40,41). The van der Waals surface area contributed by atoms with Gasteiger partial charge < -0.3 is 34.6 Å². The van der Waals surface area contributed by atoms with Crippen LogP contribution in [0.1, 0.15) is 12.5 Å². The summed E-state index contributed by atoms with van der Waals surface area (Å²) in [5.41, 5.74) is 0.651. The molecule has 16 nitrogen and oxygen atoms in total. The molecule has 1 atom stereocenters. The topological polar surface area (TPSA) is 203 Å². The third kappa shape index (κ3) is 15.4.